The topological polar surface area (TPSA) is 55.7 Å². The van der Waals surface area contributed by atoms with Gasteiger partial charge >= 0.3 is 0 Å². The number of nitrogens with zero attached hydrogens (tertiary/aromatic N) is 3. The van der Waals surface area contributed by atoms with Crippen LogP contribution in [0.3, 0.4) is 0 Å². The van der Waals surface area contributed by atoms with Crippen LogP contribution in [-0.2, 0) is 6.42 Å². The highest BCUT2D eigenvalue weighted by molar-refractivity contribution is 7.15. The van der Waals surface area contributed by atoms with Crippen LogP contribution in [0.2, 0.25) is 0 Å². The molecule has 80 valence electrons. The van der Waals surface area contributed by atoms with Crippen LogP contribution in [0.25, 0.3) is 10.7 Å². The molecular formula is C11H9N3OS. The van der Waals surface area contributed by atoms with E-state index in [2.05, 4.69) is 15.0 Å². The summed E-state index contributed by atoms with van der Waals surface area (Å²) in [5.74, 6) is 0.165. The SMILES string of the molecule is O=C1CCCc2sc(-c3ccncn3)nc21. The minimum Gasteiger partial charge on any atom is -0.292 e. The Labute approximate surface area is 96.4 Å². The number of carbonyl (C=O) groups is 1. The molecule has 0 saturated carbocycles. The molecule has 1 aliphatic rings. The summed E-state index contributed by atoms with van der Waals surface area (Å²) in [6, 6.07) is 1.81. The highest BCUT2D eigenvalue weighted by atomic mass is 32.1. The fourth-order valence-corrected chi connectivity index (χ4v) is 2.89. The molecule has 2 aromatic heterocycles. The molecule has 5 heteroatoms. The van der Waals surface area contributed by atoms with Gasteiger partial charge in [0, 0.05) is 17.5 Å². The average Bonchev–Trinajstić information content (AvgIpc) is 2.76. The van der Waals surface area contributed by atoms with Crippen LogP contribution in [0.4, 0.5) is 0 Å². The summed E-state index contributed by atoms with van der Waals surface area (Å²) in [5.41, 5.74) is 1.45. The average molecular weight is 231 g/mol. The van der Waals surface area contributed by atoms with Crippen molar-refractivity contribution in [3.05, 3.63) is 29.2 Å². The minimum absolute atomic E-state index is 0.165. The summed E-state index contributed by atoms with van der Waals surface area (Å²) in [6.07, 6.45) is 5.71. The fraction of sp³-hybridized carbons (Fsp3) is 0.273. The van der Waals surface area contributed by atoms with E-state index in [1.165, 1.54) is 6.33 Å². The molecule has 2 aromatic rings. The lowest BCUT2D eigenvalue weighted by Crippen LogP contribution is -2.08. The van der Waals surface area contributed by atoms with Gasteiger partial charge in [-0.15, -0.1) is 11.3 Å². The van der Waals surface area contributed by atoms with Gasteiger partial charge in [-0.25, -0.2) is 15.0 Å². The Morgan fingerprint density at radius 2 is 2.25 bits per heavy atom. The van der Waals surface area contributed by atoms with Crippen molar-refractivity contribution < 1.29 is 4.79 Å². The monoisotopic (exact) mass is 231 g/mol. The van der Waals surface area contributed by atoms with Gasteiger partial charge in [0.25, 0.3) is 0 Å². The molecule has 16 heavy (non-hydrogen) atoms. The zero-order valence-electron chi connectivity index (χ0n) is 8.51. The second-order valence-electron chi connectivity index (χ2n) is 3.66. The maximum Gasteiger partial charge on any atom is 0.182 e. The summed E-state index contributed by atoms with van der Waals surface area (Å²) in [4.78, 5) is 25.1. The van der Waals surface area contributed by atoms with E-state index in [0.717, 1.165) is 28.4 Å². The molecule has 0 bridgehead atoms. The van der Waals surface area contributed by atoms with Gasteiger partial charge in [0.2, 0.25) is 0 Å². The van der Waals surface area contributed by atoms with Crippen molar-refractivity contribution in [2.24, 2.45) is 0 Å². The van der Waals surface area contributed by atoms with Crippen LogP contribution in [0.5, 0.6) is 0 Å². The molecular weight excluding hydrogens is 222 g/mol. The van der Waals surface area contributed by atoms with E-state index in [1.807, 2.05) is 6.07 Å². The van der Waals surface area contributed by atoms with Gasteiger partial charge in [-0.2, -0.15) is 0 Å². The Bertz CT molecular complexity index is 535. The first-order valence-electron chi connectivity index (χ1n) is 5.14. The Morgan fingerprint density at radius 1 is 1.31 bits per heavy atom. The van der Waals surface area contributed by atoms with Crippen molar-refractivity contribution in [3.63, 3.8) is 0 Å². The largest absolute Gasteiger partial charge is 0.292 e. The smallest absolute Gasteiger partial charge is 0.182 e. The third-order valence-corrected chi connectivity index (χ3v) is 3.71. The van der Waals surface area contributed by atoms with Crippen LogP contribution in [0.1, 0.15) is 28.2 Å². The number of aryl methyl sites for hydroxylation is 1. The molecule has 0 atom stereocenters. The van der Waals surface area contributed by atoms with Gasteiger partial charge in [-0.05, 0) is 18.9 Å². The zero-order chi connectivity index (χ0) is 11.0. The van der Waals surface area contributed by atoms with Gasteiger partial charge in [0.1, 0.15) is 22.7 Å². The Morgan fingerprint density at radius 3 is 3.00 bits per heavy atom. The van der Waals surface area contributed by atoms with Gasteiger partial charge < -0.3 is 0 Å². The molecule has 0 unspecified atom stereocenters. The second kappa shape index (κ2) is 3.75. The quantitative estimate of drug-likeness (QED) is 0.754. The number of hydrogen-bond donors (Lipinski definition) is 0. The molecule has 2 heterocycles. The first-order chi connectivity index (χ1) is 7.84. The standard InChI is InChI=1S/C11H9N3OS/c15-8-2-1-3-9-10(8)14-11(16-9)7-4-5-12-6-13-7/h4-6H,1-3H2. The predicted octanol–water partition coefficient (Wildman–Crippen LogP) is 2.12. The van der Waals surface area contributed by atoms with Crippen molar-refractivity contribution in [1.82, 2.24) is 15.0 Å². The summed E-state index contributed by atoms with van der Waals surface area (Å²) in [6.45, 7) is 0. The second-order valence-corrected chi connectivity index (χ2v) is 4.75. The van der Waals surface area contributed by atoms with Crippen LogP contribution in [-0.4, -0.2) is 20.7 Å². The number of ketones is 1. The molecule has 0 fully saturated rings. The number of thiazole rings is 1. The lowest BCUT2D eigenvalue weighted by atomic mass is 10.0. The van der Waals surface area contributed by atoms with Crippen molar-refractivity contribution in [2.75, 3.05) is 0 Å². The number of carbonyl (C=O) groups excluding carboxylic acids is 1. The van der Waals surface area contributed by atoms with E-state index in [9.17, 15) is 4.79 Å². The molecule has 3 rings (SSSR count). The Balaban J connectivity index is 2.08. The first-order valence-corrected chi connectivity index (χ1v) is 5.95. The summed E-state index contributed by atoms with van der Waals surface area (Å²) >= 11 is 1.57. The molecule has 0 N–H and O–H groups in total. The predicted molar refractivity (Wildman–Crippen MR) is 60.4 cm³/mol. The highest BCUT2D eigenvalue weighted by Crippen LogP contribution is 2.31. The van der Waals surface area contributed by atoms with Gasteiger partial charge in [-0.3, -0.25) is 4.79 Å². The number of rotatable bonds is 1. The Hall–Kier alpha value is -1.62. The van der Waals surface area contributed by atoms with Crippen LogP contribution in [0, 0.1) is 0 Å². The van der Waals surface area contributed by atoms with Gasteiger partial charge in [0.15, 0.2) is 5.78 Å². The van der Waals surface area contributed by atoms with Crippen molar-refractivity contribution in [3.8, 4) is 10.7 Å². The van der Waals surface area contributed by atoms with E-state index >= 15 is 0 Å². The van der Waals surface area contributed by atoms with Crippen molar-refractivity contribution >= 4 is 17.1 Å². The van der Waals surface area contributed by atoms with Crippen LogP contribution in [0.15, 0.2) is 18.6 Å². The summed E-state index contributed by atoms with van der Waals surface area (Å²) in [5, 5.41) is 0.822. The van der Waals surface area contributed by atoms with E-state index in [0.29, 0.717) is 12.1 Å². The lowest BCUT2D eigenvalue weighted by molar-refractivity contribution is 0.0968. The third kappa shape index (κ3) is 1.53. The Kier molecular flexibility index (Phi) is 2.25. The number of Topliss-reactive ketones (excluding diaryl/α,β-unsaturated/α-hetero) is 1. The van der Waals surface area contributed by atoms with E-state index in [4.69, 9.17) is 0 Å². The maximum absolute atomic E-state index is 11.6. The molecule has 0 saturated heterocycles. The minimum atomic E-state index is 0.165. The van der Waals surface area contributed by atoms with Crippen LogP contribution < -0.4 is 0 Å². The van der Waals surface area contributed by atoms with Crippen molar-refractivity contribution in [1.29, 1.82) is 0 Å². The van der Waals surface area contributed by atoms with E-state index < -0.39 is 0 Å². The molecule has 0 aromatic carbocycles. The zero-order valence-corrected chi connectivity index (χ0v) is 9.33. The lowest BCUT2D eigenvalue weighted by Gasteiger charge is -2.06. The third-order valence-electron chi connectivity index (χ3n) is 2.57. The molecule has 0 radical (unpaired) electrons. The highest BCUT2D eigenvalue weighted by Gasteiger charge is 2.22. The number of hydrogen-bond acceptors (Lipinski definition) is 5. The van der Waals surface area contributed by atoms with E-state index in [1.54, 1.807) is 17.5 Å². The molecule has 1 aliphatic carbocycles. The number of fused-ring (bicyclic) bond motifs is 1. The molecule has 0 amide bonds. The fourth-order valence-electron chi connectivity index (χ4n) is 1.79. The molecule has 4 nitrogen and oxygen atoms in total. The first kappa shape index (κ1) is 9.59. The number of aromatic nitrogens is 3. The maximum atomic E-state index is 11.6. The van der Waals surface area contributed by atoms with Crippen LogP contribution >= 0.6 is 11.3 Å². The summed E-state index contributed by atoms with van der Waals surface area (Å²) in [7, 11) is 0. The van der Waals surface area contributed by atoms with E-state index in [-0.39, 0.29) is 5.78 Å². The van der Waals surface area contributed by atoms with Gasteiger partial charge in [-0.1, -0.05) is 0 Å². The normalized spacial score (nSPS) is 14.9. The molecule has 0 spiro atoms. The molecule has 0 aliphatic heterocycles. The van der Waals surface area contributed by atoms with Crippen molar-refractivity contribution in [2.45, 2.75) is 19.3 Å². The summed E-state index contributed by atoms with van der Waals surface area (Å²) < 4.78 is 0. The van der Waals surface area contributed by atoms with Gasteiger partial charge in [0.05, 0.1) is 0 Å².